The maximum atomic E-state index is 12.6. The molecule has 0 saturated carbocycles. The van der Waals surface area contributed by atoms with Crippen molar-refractivity contribution in [3.05, 3.63) is 52.5 Å². The van der Waals surface area contributed by atoms with E-state index in [4.69, 9.17) is 0 Å². The standard InChI is InChI=1S/C17H19BrN2O3S/c1-11(2)17(21)19-15-7-4-12(3)16(10-15)24(22,23)20-14-8-5-13(18)6-9-14/h4-11,20H,1-3H3,(H,19,21). The fourth-order valence-electron chi connectivity index (χ4n) is 1.98. The number of hydrogen-bond donors (Lipinski definition) is 2. The van der Waals surface area contributed by atoms with Gasteiger partial charge in [-0.05, 0) is 48.9 Å². The lowest BCUT2D eigenvalue weighted by atomic mass is 10.2. The fourth-order valence-corrected chi connectivity index (χ4v) is 3.58. The molecule has 0 aliphatic rings. The summed E-state index contributed by atoms with van der Waals surface area (Å²) in [5, 5.41) is 2.72. The van der Waals surface area contributed by atoms with Crippen molar-refractivity contribution in [2.24, 2.45) is 5.92 Å². The third-order valence-electron chi connectivity index (χ3n) is 3.37. The Hall–Kier alpha value is -1.86. The zero-order chi connectivity index (χ0) is 17.9. The molecule has 0 heterocycles. The van der Waals surface area contributed by atoms with E-state index in [9.17, 15) is 13.2 Å². The van der Waals surface area contributed by atoms with E-state index in [-0.39, 0.29) is 16.7 Å². The summed E-state index contributed by atoms with van der Waals surface area (Å²) >= 11 is 3.31. The van der Waals surface area contributed by atoms with Crippen LogP contribution < -0.4 is 10.0 Å². The maximum absolute atomic E-state index is 12.6. The monoisotopic (exact) mass is 410 g/mol. The first-order valence-corrected chi connectivity index (χ1v) is 9.66. The van der Waals surface area contributed by atoms with Gasteiger partial charge in [-0.2, -0.15) is 0 Å². The van der Waals surface area contributed by atoms with E-state index in [1.807, 2.05) is 0 Å². The van der Waals surface area contributed by atoms with Gasteiger partial charge < -0.3 is 5.32 Å². The number of amides is 1. The van der Waals surface area contributed by atoms with E-state index in [2.05, 4.69) is 26.0 Å². The number of anilines is 2. The molecule has 0 saturated heterocycles. The van der Waals surface area contributed by atoms with Gasteiger partial charge in [0.15, 0.2) is 0 Å². The first-order valence-electron chi connectivity index (χ1n) is 7.39. The summed E-state index contributed by atoms with van der Waals surface area (Å²) in [5.74, 6) is -0.352. The van der Waals surface area contributed by atoms with Crippen molar-refractivity contribution in [1.29, 1.82) is 0 Å². The molecule has 0 aliphatic heterocycles. The largest absolute Gasteiger partial charge is 0.326 e. The molecule has 0 aliphatic carbocycles. The SMILES string of the molecule is Cc1ccc(NC(=O)C(C)C)cc1S(=O)(=O)Nc1ccc(Br)cc1. The number of hydrogen-bond acceptors (Lipinski definition) is 3. The van der Waals surface area contributed by atoms with Crippen molar-refractivity contribution in [1.82, 2.24) is 0 Å². The third kappa shape index (κ3) is 4.58. The van der Waals surface area contributed by atoms with Crippen molar-refractivity contribution in [2.45, 2.75) is 25.7 Å². The number of sulfonamides is 1. The van der Waals surface area contributed by atoms with Gasteiger partial charge in [0.1, 0.15) is 0 Å². The van der Waals surface area contributed by atoms with Gasteiger partial charge in [-0.3, -0.25) is 9.52 Å². The van der Waals surface area contributed by atoms with Gasteiger partial charge in [-0.1, -0.05) is 35.8 Å². The van der Waals surface area contributed by atoms with Crippen LogP contribution in [-0.4, -0.2) is 14.3 Å². The number of nitrogens with one attached hydrogen (secondary N) is 2. The predicted molar refractivity (Wildman–Crippen MR) is 99.6 cm³/mol. The summed E-state index contributed by atoms with van der Waals surface area (Å²) in [6.07, 6.45) is 0. The third-order valence-corrected chi connectivity index (χ3v) is 5.42. The molecule has 0 radical (unpaired) electrons. The molecular formula is C17H19BrN2O3S. The summed E-state index contributed by atoms with van der Waals surface area (Å²) < 4.78 is 28.7. The Kier molecular flexibility index (Phi) is 5.66. The van der Waals surface area contributed by atoms with Crippen LogP contribution in [0.5, 0.6) is 0 Å². The van der Waals surface area contributed by atoms with Crippen LogP contribution in [0.25, 0.3) is 0 Å². The Balaban J connectivity index is 2.31. The van der Waals surface area contributed by atoms with Gasteiger partial charge in [0.25, 0.3) is 10.0 Å². The Labute approximate surface area is 150 Å². The topological polar surface area (TPSA) is 75.3 Å². The highest BCUT2D eigenvalue weighted by Gasteiger charge is 2.18. The molecule has 2 rings (SSSR count). The van der Waals surface area contributed by atoms with Crippen LogP contribution >= 0.6 is 15.9 Å². The zero-order valence-electron chi connectivity index (χ0n) is 13.6. The first-order chi connectivity index (χ1) is 11.2. The highest BCUT2D eigenvalue weighted by molar-refractivity contribution is 9.10. The zero-order valence-corrected chi connectivity index (χ0v) is 16.0. The molecule has 0 bridgehead atoms. The predicted octanol–water partition coefficient (Wildman–Crippen LogP) is 4.15. The molecule has 24 heavy (non-hydrogen) atoms. The molecule has 2 aromatic carbocycles. The summed E-state index contributed by atoms with van der Waals surface area (Å²) in [4.78, 5) is 11.9. The molecule has 0 spiro atoms. The van der Waals surface area contributed by atoms with Crippen molar-refractivity contribution < 1.29 is 13.2 Å². The molecule has 0 atom stereocenters. The Bertz CT molecular complexity index is 847. The smallest absolute Gasteiger partial charge is 0.262 e. The van der Waals surface area contributed by atoms with Crippen molar-refractivity contribution >= 4 is 43.2 Å². The van der Waals surface area contributed by atoms with Crippen molar-refractivity contribution in [3.8, 4) is 0 Å². The van der Waals surface area contributed by atoms with Crippen LogP contribution in [0, 0.1) is 12.8 Å². The van der Waals surface area contributed by atoms with Gasteiger partial charge in [-0.25, -0.2) is 8.42 Å². The summed E-state index contributed by atoms with van der Waals surface area (Å²) in [6.45, 7) is 5.26. The van der Waals surface area contributed by atoms with Crippen LogP contribution in [0.15, 0.2) is 51.8 Å². The van der Waals surface area contributed by atoms with Crippen LogP contribution in [0.2, 0.25) is 0 Å². The molecule has 0 unspecified atom stereocenters. The summed E-state index contributed by atoms with van der Waals surface area (Å²) in [5.41, 5.74) is 1.52. The number of carbonyl (C=O) groups excluding carboxylic acids is 1. The van der Waals surface area contributed by atoms with Gasteiger partial charge in [0.2, 0.25) is 5.91 Å². The normalized spacial score (nSPS) is 11.4. The number of carbonyl (C=O) groups is 1. The average Bonchev–Trinajstić information content (AvgIpc) is 2.51. The second-order valence-corrected chi connectivity index (χ2v) is 8.30. The second-order valence-electron chi connectivity index (χ2n) is 5.74. The highest BCUT2D eigenvalue weighted by atomic mass is 79.9. The van der Waals surface area contributed by atoms with Crippen LogP contribution in [-0.2, 0) is 14.8 Å². The minimum Gasteiger partial charge on any atom is -0.326 e. The highest BCUT2D eigenvalue weighted by Crippen LogP contribution is 2.24. The minimum atomic E-state index is -3.75. The molecule has 0 aromatic heterocycles. The van der Waals surface area contributed by atoms with E-state index in [0.29, 0.717) is 16.9 Å². The van der Waals surface area contributed by atoms with Gasteiger partial charge in [0, 0.05) is 21.8 Å². The van der Waals surface area contributed by atoms with Crippen LogP contribution in [0.3, 0.4) is 0 Å². The molecule has 5 nitrogen and oxygen atoms in total. The summed E-state index contributed by atoms with van der Waals surface area (Å²) in [7, 11) is -3.75. The van der Waals surface area contributed by atoms with Crippen molar-refractivity contribution in [2.75, 3.05) is 10.0 Å². The van der Waals surface area contributed by atoms with E-state index >= 15 is 0 Å². The number of rotatable bonds is 5. The van der Waals surface area contributed by atoms with Gasteiger partial charge in [0.05, 0.1) is 4.90 Å². The van der Waals surface area contributed by atoms with Crippen LogP contribution in [0.4, 0.5) is 11.4 Å². The lowest BCUT2D eigenvalue weighted by molar-refractivity contribution is -0.118. The first kappa shape index (κ1) is 18.5. The maximum Gasteiger partial charge on any atom is 0.262 e. The van der Waals surface area contributed by atoms with Crippen LogP contribution in [0.1, 0.15) is 19.4 Å². The van der Waals surface area contributed by atoms with E-state index in [1.165, 1.54) is 6.07 Å². The molecule has 1 amide bonds. The van der Waals surface area contributed by atoms with E-state index < -0.39 is 10.0 Å². The quantitative estimate of drug-likeness (QED) is 0.776. The molecule has 128 valence electrons. The molecule has 0 fully saturated rings. The minimum absolute atomic E-state index is 0.131. The molecular weight excluding hydrogens is 392 g/mol. The van der Waals surface area contributed by atoms with Crippen molar-refractivity contribution in [3.63, 3.8) is 0 Å². The lowest BCUT2D eigenvalue weighted by Crippen LogP contribution is -2.19. The number of aryl methyl sites for hydroxylation is 1. The second kappa shape index (κ2) is 7.36. The Morgan fingerprint density at radius 1 is 1.04 bits per heavy atom. The van der Waals surface area contributed by atoms with E-state index in [0.717, 1.165) is 4.47 Å². The van der Waals surface area contributed by atoms with E-state index in [1.54, 1.807) is 57.2 Å². The number of halogens is 1. The van der Waals surface area contributed by atoms with Gasteiger partial charge in [-0.15, -0.1) is 0 Å². The summed E-state index contributed by atoms with van der Waals surface area (Å²) in [6, 6.07) is 11.7. The average molecular weight is 411 g/mol. The molecule has 2 N–H and O–H groups in total. The Morgan fingerprint density at radius 3 is 2.21 bits per heavy atom. The van der Waals surface area contributed by atoms with Gasteiger partial charge >= 0.3 is 0 Å². The number of benzene rings is 2. The fraction of sp³-hybridized carbons (Fsp3) is 0.235. The lowest BCUT2D eigenvalue weighted by Gasteiger charge is -2.13. The molecule has 7 heteroatoms. The Morgan fingerprint density at radius 2 is 1.62 bits per heavy atom. The molecule has 2 aromatic rings.